The number of piperidine rings is 2. The zero-order valence-electron chi connectivity index (χ0n) is 30.0. The fourth-order valence-electron chi connectivity index (χ4n) is 5.09. The number of alkyl halides is 2. The van der Waals surface area contributed by atoms with Gasteiger partial charge in [-0.2, -0.15) is 9.59 Å². The minimum atomic E-state index is -0.200. The van der Waals surface area contributed by atoms with Crippen LogP contribution in [0, 0.1) is 13.8 Å². The number of aryl methyl sites for hydroxylation is 2. The van der Waals surface area contributed by atoms with Crippen LogP contribution < -0.4 is 26.6 Å². The maximum Gasteiger partial charge on any atom is 0.373 e. The average molecular weight is 783 g/mol. The van der Waals surface area contributed by atoms with Gasteiger partial charge in [0.15, 0.2) is 0 Å². The number of benzene rings is 2. The second kappa shape index (κ2) is 29.4. The predicted octanol–water partition coefficient (Wildman–Crippen LogP) is 6.73. The molecule has 0 atom stereocenters. The van der Waals surface area contributed by atoms with Crippen molar-refractivity contribution in [1.29, 1.82) is 0 Å². The Hall–Kier alpha value is -5.01. The highest BCUT2D eigenvalue weighted by Crippen LogP contribution is 2.15. The molecule has 6 rings (SSSR count). The second-order valence-corrected chi connectivity index (χ2v) is 12.5. The van der Waals surface area contributed by atoms with Gasteiger partial charge in [-0.25, -0.2) is 9.59 Å². The molecule has 0 saturated carbocycles. The number of likely N-dealkylation sites (tertiary alicyclic amines) is 1. The number of carbonyl (C=O) groups is 3. The number of aromatic amines is 2. The molecular formula is C38H52BCl2N8O5. The van der Waals surface area contributed by atoms with Crippen LogP contribution >= 0.6 is 23.2 Å². The summed E-state index contributed by atoms with van der Waals surface area (Å²) in [5.74, 6) is 0.0406. The van der Waals surface area contributed by atoms with Gasteiger partial charge in [0.1, 0.15) is 0 Å². The van der Waals surface area contributed by atoms with Crippen molar-refractivity contribution >= 4 is 67.1 Å². The summed E-state index contributed by atoms with van der Waals surface area (Å²) in [6, 6.07) is 21.2. The molecule has 291 valence electrons. The SMILES string of the molecule is C.Cc1ccc(NC(=O)NC2CCN(C(=O)c3cc[nH]c3)CC2)cc1.Cc1ccc(NC(=O)NC2CCNCC2)cc1.ClCCl.O=C=O.[B].c1cc[nH]c1. The zero-order valence-corrected chi connectivity index (χ0v) is 31.5. The van der Waals surface area contributed by atoms with Crippen LogP contribution in [0.1, 0.15) is 54.6 Å². The van der Waals surface area contributed by atoms with Crippen LogP contribution in [0.3, 0.4) is 0 Å². The molecule has 2 aromatic heterocycles. The molecule has 2 fully saturated rings. The molecule has 4 aromatic rings. The summed E-state index contributed by atoms with van der Waals surface area (Å²) in [5, 5.41) is 15.1. The fraction of sp³-hybridized carbons (Fsp3) is 0.368. The molecule has 4 heterocycles. The van der Waals surface area contributed by atoms with E-state index < -0.39 is 0 Å². The molecule has 0 spiro atoms. The minimum Gasteiger partial charge on any atom is -0.368 e. The quantitative estimate of drug-likeness (QED) is 0.0872. The van der Waals surface area contributed by atoms with Gasteiger partial charge in [-0.15, -0.1) is 23.2 Å². The normalized spacial score (nSPS) is 13.1. The lowest BCUT2D eigenvalue weighted by molar-refractivity contribution is -0.191. The Morgan fingerprint density at radius 3 is 1.52 bits per heavy atom. The molecule has 0 unspecified atom stereocenters. The van der Waals surface area contributed by atoms with Crippen molar-refractivity contribution in [1.82, 2.24) is 30.8 Å². The molecule has 5 amide bonds. The number of amides is 5. The molecule has 3 radical (unpaired) electrons. The van der Waals surface area contributed by atoms with E-state index in [0.717, 1.165) is 55.7 Å². The van der Waals surface area contributed by atoms with Gasteiger partial charge in [-0.05, 0) is 95.1 Å². The molecule has 2 saturated heterocycles. The van der Waals surface area contributed by atoms with Crippen molar-refractivity contribution in [2.45, 2.75) is 59.0 Å². The Labute approximate surface area is 330 Å². The zero-order chi connectivity index (χ0) is 38.0. The van der Waals surface area contributed by atoms with Gasteiger partial charge >= 0.3 is 18.2 Å². The number of nitrogens with one attached hydrogen (secondary N) is 7. The number of urea groups is 2. The Morgan fingerprint density at radius 1 is 0.722 bits per heavy atom. The molecular weight excluding hydrogens is 730 g/mol. The standard InChI is InChI=1S/C18H22N4O2.C13H19N3O.C4H5N.CH2Cl2.CO2.CH4.B/c1-13-2-4-15(5-3-13)20-18(24)21-16-7-10-22(11-8-16)17(23)14-6-9-19-12-14;1-10-2-4-11(5-3-10)15-13(17)16-12-6-8-14-9-7-12;1-2-4-5-3-1;2*2-1-3;;/h2-6,9,12,16,19H,7-8,10-11H2,1H3,(H2,20,21,24);2-5,12,14H,6-9H2,1H3,(H2,15,16,17);1-5H;1H2;;1H4;. The van der Waals surface area contributed by atoms with Crippen molar-refractivity contribution in [3.63, 3.8) is 0 Å². The predicted molar refractivity (Wildman–Crippen MR) is 217 cm³/mol. The minimum absolute atomic E-state index is 0. The molecule has 7 N–H and O–H groups in total. The van der Waals surface area contributed by atoms with E-state index in [0.29, 0.717) is 24.7 Å². The van der Waals surface area contributed by atoms with Gasteiger partial charge in [0.25, 0.3) is 5.91 Å². The number of aromatic nitrogens is 2. The summed E-state index contributed by atoms with van der Waals surface area (Å²) in [5.41, 5.74) is 4.63. The van der Waals surface area contributed by atoms with Crippen molar-refractivity contribution in [2.75, 3.05) is 42.2 Å². The monoisotopic (exact) mass is 781 g/mol. The highest BCUT2D eigenvalue weighted by atomic mass is 35.5. The largest absolute Gasteiger partial charge is 0.373 e. The highest BCUT2D eigenvalue weighted by molar-refractivity contribution is 6.40. The van der Waals surface area contributed by atoms with Crippen molar-refractivity contribution < 1.29 is 24.0 Å². The van der Waals surface area contributed by atoms with E-state index in [9.17, 15) is 14.4 Å². The van der Waals surface area contributed by atoms with E-state index in [4.69, 9.17) is 32.8 Å². The van der Waals surface area contributed by atoms with E-state index >= 15 is 0 Å². The van der Waals surface area contributed by atoms with Crippen LogP contribution in [-0.4, -0.2) is 91.0 Å². The Kier molecular flexibility index (Phi) is 26.7. The number of carbonyl (C=O) groups excluding carboxylic acids is 5. The summed E-state index contributed by atoms with van der Waals surface area (Å²) in [7, 11) is 0. The number of H-pyrrole nitrogens is 2. The molecule has 54 heavy (non-hydrogen) atoms. The number of anilines is 2. The number of nitrogens with zero attached hydrogens (tertiary/aromatic N) is 1. The highest BCUT2D eigenvalue weighted by Gasteiger charge is 2.24. The Morgan fingerprint density at radius 2 is 1.15 bits per heavy atom. The van der Waals surface area contributed by atoms with E-state index in [2.05, 4.69) is 36.6 Å². The van der Waals surface area contributed by atoms with Gasteiger partial charge < -0.3 is 41.5 Å². The molecule has 2 aliphatic heterocycles. The molecule has 2 aromatic carbocycles. The molecule has 0 aliphatic carbocycles. The lowest BCUT2D eigenvalue weighted by Gasteiger charge is -2.32. The van der Waals surface area contributed by atoms with Gasteiger partial charge in [-0.1, -0.05) is 42.8 Å². The van der Waals surface area contributed by atoms with Gasteiger partial charge in [0, 0.05) is 69.7 Å². The van der Waals surface area contributed by atoms with Crippen LogP contribution in [0.25, 0.3) is 0 Å². The van der Waals surface area contributed by atoms with Gasteiger partial charge in [0.05, 0.1) is 10.9 Å². The van der Waals surface area contributed by atoms with Crippen LogP contribution in [0.2, 0.25) is 0 Å². The molecule has 2 aliphatic rings. The fourth-order valence-corrected chi connectivity index (χ4v) is 5.09. The van der Waals surface area contributed by atoms with Gasteiger partial charge in [-0.3, -0.25) is 4.79 Å². The van der Waals surface area contributed by atoms with E-state index in [-0.39, 0.29) is 51.3 Å². The Bertz CT molecular complexity index is 1560. The third kappa shape index (κ3) is 20.9. The first-order chi connectivity index (χ1) is 25.2. The summed E-state index contributed by atoms with van der Waals surface area (Å²) in [6.07, 6.45) is 11.0. The first-order valence-electron chi connectivity index (χ1n) is 16.8. The average Bonchev–Trinajstić information content (AvgIpc) is 3.91. The second-order valence-electron chi connectivity index (χ2n) is 11.7. The topological polar surface area (TPSA) is 180 Å². The number of rotatable bonds is 5. The summed E-state index contributed by atoms with van der Waals surface area (Å²) in [4.78, 5) is 59.9. The summed E-state index contributed by atoms with van der Waals surface area (Å²) in [6.45, 7) is 7.30. The number of hydrogen-bond acceptors (Lipinski definition) is 6. The van der Waals surface area contributed by atoms with Gasteiger partial charge in [0.2, 0.25) is 0 Å². The molecule has 13 nitrogen and oxygen atoms in total. The third-order valence-corrected chi connectivity index (χ3v) is 7.75. The van der Waals surface area contributed by atoms with E-state index in [1.165, 1.54) is 5.56 Å². The Balaban J connectivity index is 0.000000813. The van der Waals surface area contributed by atoms with Crippen molar-refractivity contribution in [3.8, 4) is 0 Å². The molecule has 16 heteroatoms. The number of hydrogen-bond donors (Lipinski definition) is 7. The van der Waals surface area contributed by atoms with E-state index in [1.807, 2.05) is 91.8 Å². The van der Waals surface area contributed by atoms with Crippen molar-refractivity contribution in [2.24, 2.45) is 0 Å². The first-order valence-corrected chi connectivity index (χ1v) is 17.9. The lowest BCUT2D eigenvalue weighted by atomic mass is 10.0. The maximum absolute atomic E-state index is 12.3. The third-order valence-electron chi connectivity index (χ3n) is 7.75. The van der Waals surface area contributed by atoms with Crippen LogP contribution in [0.4, 0.5) is 21.0 Å². The summed E-state index contributed by atoms with van der Waals surface area (Å²) >= 11 is 9.53. The number of halogens is 2. The summed E-state index contributed by atoms with van der Waals surface area (Å²) < 4.78 is 0. The maximum atomic E-state index is 12.3. The molecule has 0 bridgehead atoms. The van der Waals surface area contributed by atoms with Crippen LogP contribution in [0.15, 0.2) is 91.5 Å². The smallest absolute Gasteiger partial charge is 0.368 e. The van der Waals surface area contributed by atoms with Crippen LogP contribution in [0.5, 0.6) is 0 Å². The lowest BCUT2D eigenvalue weighted by Crippen LogP contribution is -2.47. The van der Waals surface area contributed by atoms with E-state index in [1.54, 1.807) is 18.5 Å². The van der Waals surface area contributed by atoms with Crippen LogP contribution in [-0.2, 0) is 9.59 Å². The van der Waals surface area contributed by atoms with Crippen molar-refractivity contribution in [3.05, 3.63) is 108 Å². The first kappa shape index (κ1) is 49.0.